The highest BCUT2D eigenvalue weighted by atomic mass is 16.2. The van der Waals surface area contributed by atoms with Crippen molar-refractivity contribution >= 4 is 5.91 Å². The number of nitrogens with zero attached hydrogens (tertiary/aromatic N) is 1. The van der Waals surface area contributed by atoms with Gasteiger partial charge in [0.05, 0.1) is 5.41 Å². The molecule has 3 nitrogen and oxygen atoms in total. The molecule has 0 radical (unpaired) electrons. The second-order valence-electron chi connectivity index (χ2n) is 6.63. The molecule has 2 fully saturated rings. The van der Waals surface area contributed by atoms with Gasteiger partial charge in [-0.05, 0) is 51.1 Å². The van der Waals surface area contributed by atoms with Crippen LogP contribution in [-0.4, -0.2) is 37.0 Å². The SMILES string of the molecule is CCC1(C(=O)N(C)C2CCCCC2C)CCNCC1. The Morgan fingerprint density at radius 3 is 2.47 bits per heavy atom. The van der Waals surface area contributed by atoms with E-state index >= 15 is 0 Å². The Kier molecular flexibility index (Phi) is 4.88. The summed E-state index contributed by atoms with van der Waals surface area (Å²) in [5.74, 6) is 1.08. The maximum absolute atomic E-state index is 13.0. The Morgan fingerprint density at radius 1 is 1.26 bits per heavy atom. The lowest BCUT2D eigenvalue weighted by atomic mass is 9.74. The third-order valence-corrected chi connectivity index (χ3v) is 5.58. The Balaban J connectivity index is 2.08. The van der Waals surface area contributed by atoms with Crippen molar-refractivity contribution in [1.82, 2.24) is 10.2 Å². The van der Waals surface area contributed by atoms with Crippen LogP contribution in [0.1, 0.15) is 58.8 Å². The highest BCUT2D eigenvalue weighted by Gasteiger charge is 2.42. The molecule has 0 spiro atoms. The molecular formula is C16H30N2O. The Hall–Kier alpha value is -0.570. The molecule has 110 valence electrons. The van der Waals surface area contributed by atoms with E-state index < -0.39 is 0 Å². The van der Waals surface area contributed by atoms with Gasteiger partial charge in [-0.3, -0.25) is 4.79 Å². The molecule has 1 saturated heterocycles. The molecule has 0 bridgehead atoms. The van der Waals surface area contributed by atoms with E-state index in [9.17, 15) is 4.79 Å². The quantitative estimate of drug-likeness (QED) is 0.852. The number of piperidine rings is 1. The van der Waals surface area contributed by atoms with E-state index in [1.54, 1.807) is 0 Å². The average Bonchev–Trinajstić information content (AvgIpc) is 2.47. The maximum atomic E-state index is 13.0. The monoisotopic (exact) mass is 266 g/mol. The summed E-state index contributed by atoms with van der Waals surface area (Å²) in [6.45, 7) is 6.48. The third-order valence-electron chi connectivity index (χ3n) is 5.58. The minimum Gasteiger partial charge on any atom is -0.342 e. The van der Waals surface area contributed by atoms with Gasteiger partial charge < -0.3 is 10.2 Å². The van der Waals surface area contributed by atoms with Crippen LogP contribution in [0.25, 0.3) is 0 Å². The molecule has 1 aliphatic heterocycles. The lowest BCUT2D eigenvalue weighted by Gasteiger charge is -2.43. The lowest BCUT2D eigenvalue weighted by molar-refractivity contribution is -0.146. The standard InChI is InChI=1S/C16H30N2O/c1-4-16(9-11-17-12-10-16)15(19)18(3)14-8-6-5-7-13(14)2/h13-14,17H,4-12H2,1-3H3. The number of hydrogen-bond donors (Lipinski definition) is 1. The highest BCUT2D eigenvalue weighted by Crippen LogP contribution is 2.37. The second kappa shape index (κ2) is 6.25. The second-order valence-corrected chi connectivity index (χ2v) is 6.63. The predicted molar refractivity (Wildman–Crippen MR) is 79.0 cm³/mol. The topological polar surface area (TPSA) is 32.3 Å². The number of carbonyl (C=O) groups is 1. The molecule has 1 saturated carbocycles. The summed E-state index contributed by atoms with van der Waals surface area (Å²) in [7, 11) is 2.05. The van der Waals surface area contributed by atoms with Crippen LogP contribution in [0.5, 0.6) is 0 Å². The van der Waals surface area contributed by atoms with Gasteiger partial charge in [0.1, 0.15) is 0 Å². The van der Waals surface area contributed by atoms with Crippen molar-refractivity contribution in [3.63, 3.8) is 0 Å². The van der Waals surface area contributed by atoms with E-state index in [1.165, 1.54) is 25.7 Å². The van der Waals surface area contributed by atoms with Crippen molar-refractivity contribution in [3.05, 3.63) is 0 Å². The van der Waals surface area contributed by atoms with Crippen LogP contribution in [-0.2, 0) is 4.79 Å². The van der Waals surface area contributed by atoms with E-state index in [1.807, 2.05) is 7.05 Å². The Bertz CT molecular complexity index is 310. The lowest BCUT2D eigenvalue weighted by Crippen LogP contribution is -2.52. The third kappa shape index (κ3) is 2.96. The first-order valence-corrected chi connectivity index (χ1v) is 8.09. The molecule has 1 N–H and O–H groups in total. The maximum Gasteiger partial charge on any atom is 0.228 e. The van der Waals surface area contributed by atoms with Gasteiger partial charge in [-0.2, -0.15) is 0 Å². The van der Waals surface area contributed by atoms with Crippen LogP contribution in [0, 0.1) is 11.3 Å². The zero-order valence-electron chi connectivity index (χ0n) is 12.9. The van der Waals surface area contributed by atoms with Gasteiger partial charge in [-0.15, -0.1) is 0 Å². The van der Waals surface area contributed by atoms with Crippen molar-refractivity contribution in [2.45, 2.75) is 64.8 Å². The van der Waals surface area contributed by atoms with Crippen LogP contribution in [0.15, 0.2) is 0 Å². The number of nitrogens with one attached hydrogen (secondary N) is 1. The summed E-state index contributed by atoms with van der Waals surface area (Å²) < 4.78 is 0. The first kappa shape index (κ1) is 14.8. The molecule has 19 heavy (non-hydrogen) atoms. The molecule has 2 atom stereocenters. The summed E-state index contributed by atoms with van der Waals surface area (Å²) in [5.41, 5.74) is -0.0861. The summed E-state index contributed by atoms with van der Waals surface area (Å²) in [5, 5.41) is 3.39. The fourth-order valence-corrected chi connectivity index (χ4v) is 4.02. The normalized spacial score (nSPS) is 30.9. The zero-order chi connectivity index (χ0) is 13.9. The predicted octanol–water partition coefficient (Wildman–Crippen LogP) is 2.80. The summed E-state index contributed by atoms with van der Waals surface area (Å²) in [6, 6.07) is 0.472. The molecule has 2 aliphatic rings. The van der Waals surface area contributed by atoms with E-state index in [-0.39, 0.29) is 5.41 Å². The fraction of sp³-hybridized carbons (Fsp3) is 0.938. The van der Waals surface area contributed by atoms with Crippen LogP contribution in [0.4, 0.5) is 0 Å². The van der Waals surface area contributed by atoms with Crippen LogP contribution < -0.4 is 5.32 Å². The van der Waals surface area contributed by atoms with E-state index in [0.29, 0.717) is 17.9 Å². The van der Waals surface area contributed by atoms with Crippen LogP contribution in [0.3, 0.4) is 0 Å². The number of carbonyl (C=O) groups excluding carboxylic acids is 1. The molecule has 0 aromatic carbocycles. The molecule has 1 amide bonds. The molecular weight excluding hydrogens is 236 g/mol. The van der Waals surface area contributed by atoms with Crippen molar-refractivity contribution in [2.75, 3.05) is 20.1 Å². The zero-order valence-corrected chi connectivity index (χ0v) is 12.9. The van der Waals surface area contributed by atoms with E-state index in [4.69, 9.17) is 0 Å². The van der Waals surface area contributed by atoms with E-state index in [0.717, 1.165) is 32.4 Å². The Labute approximate surface area is 118 Å². The fourth-order valence-electron chi connectivity index (χ4n) is 4.02. The van der Waals surface area contributed by atoms with E-state index in [2.05, 4.69) is 24.1 Å². The van der Waals surface area contributed by atoms with Crippen molar-refractivity contribution in [1.29, 1.82) is 0 Å². The van der Waals surface area contributed by atoms with Gasteiger partial charge in [-0.1, -0.05) is 26.7 Å². The number of rotatable bonds is 3. The molecule has 0 aromatic heterocycles. The summed E-state index contributed by atoms with van der Waals surface area (Å²) in [4.78, 5) is 15.1. The minimum atomic E-state index is -0.0861. The van der Waals surface area contributed by atoms with Crippen LogP contribution >= 0.6 is 0 Å². The molecule has 1 aliphatic carbocycles. The summed E-state index contributed by atoms with van der Waals surface area (Å²) in [6.07, 6.45) is 8.10. The van der Waals surface area contributed by atoms with Gasteiger partial charge in [0.15, 0.2) is 0 Å². The van der Waals surface area contributed by atoms with Crippen molar-refractivity contribution in [2.24, 2.45) is 11.3 Å². The van der Waals surface area contributed by atoms with Crippen LogP contribution in [0.2, 0.25) is 0 Å². The van der Waals surface area contributed by atoms with Gasteiger partial charge in [0.25, 0.3) is 0 Å². The molecule has 3 heteroatoms. The first-order valence-electron chi connectivity index (χ1n) is 8.09. The molecule has 1 heterocycles. The first-order chi connectivity index (χ1) is 9.10. The van der Waals surface area contributed by atoms with Crippen molar-refractivity contribution in [3.8, 4) is 0 Å². The van der Waals surface area contributed by atoms with Gasteiger partial charge in [0.2, 0.25) is 5.91 Å². The van der Waals surface area contributed by atoms with Gasteiger partial charge in [-0.25, -0.2) is 0 Å². The Morgan fingerprint density at radius 2 is 1.89 bits per heavy atom. The largest absolute Gasteiger partial charge is 0.342 e. The summed E-state index contributed by atoms with van der Waals surface area (Å²) >= 11 is 0. The molecule has 0 aromatic rings. The number of hydrogen-bond acceptors (Lipinski definition) is 2. The van der Waals surface area contributed by atoms with Gasteiger partial charge >= 0.3 is 0 Å². The number of amides is 1. The minimum absolute atomic E-state index is 0.0861. The van der Waals surface area contributed by atoms with Gasteiger partial charge in [0, 0.05) is 13.1 Å². The van der Waals surface area contributed by atoms with Crippen molar-refractivity contribution < 1.29 is 4.79 Å². The molecule has 2 rings (SSSR count). The smallest absolute Gasteiger partial charge is 0.228 e. The average molecular weight is 266 g/mol. The highest BCUT2D eigenvalue weighted by molar-refractivity contribution is 5.83. The molecule has 2 unspecified atom stereocenters.